The summed E-state index contributed by atoms with van der Waals surface area (Å²) in [6.45, 7) is 2.07. The Bertz CT molecular complexity index is 1690. The second-order valence-electron chi connectivity index (χ2n) is 8.25. The second kappa shape index (κ2) is 11.1. The molecule has 3 N–H and O–H groups in total. The molecule has 0 aliphatic heterocycles. The number of anilines is 2. The largest absolute Gasteiger partial charge is 0.493 e. The fourth-order valence-corrected chi connectivity index (χ4v) is 3.86. The van der Waals surface area contributed by atoms with Crippen molar-refractivity contribution in [2.75, 3.05) is 31.9 Å². The van der Waals surface area contributed by atoms with Crippen LogP contribution in [0.5, 0.6) is 28.7 Å². The monoisotopic (exact) mass is 545 g/mol. The standard InChI is InChI=1S/C27H24FN7O5/c1-4-39-24-14-35(16-12-31-27(29)32-13-16)34-25(24)26(36)33-15-5-6-21(18(28)9-15)40-20-7-8-30-19-11-23(38-3)22(37-2)10-17(19)20/h5-14H,4H2,1-3H3,(H,33,36)(H2,29,31,32). The minimum atomic E-state index is -0.696. The van der Waals surface area contributed by atoms with Gasteiger partial charge in [-0.05, 0) is 31.2 Å². The summed E-state index contributed by atoms with van der Waals surface area (Å²) in [5, 5.41) is 7.53. The lowest BCUT2D eigenvalue weighted by Crippen LogP contribution is -2.14. The van der Waals surface area contributed by atoms with Gasteiger partial charge < -0.3 is 30.0 Å². The summed E-state index contributed by atoms with van der Waals surface area (Å²) in [4.78, 5) is 25.2. The van der Waals surface area contributed by atoms with E-state index in [2.05, 4.69) is 25.4 Å². The molecule has 0 bridgehead atoms. The fourth-order valence-electron chi connectivity index (χ4n) is 3.86. The summed E-state index contributed by atoms with van der Waals surface area (Å²) < 4.78 is 38.6. The number of carbonyl (C=O) groups excluding carboxylic acids is 1. The van der Waals surface area contributed by atoms with E-state index >= 15 is 4.39 Å². The van der Waals surface area contributed by atoms with Crippen LogP contribution in [0.3, 0.4) is 0 Å². The van der Waals surface area contributed by atoms with Gasteiger partial charge >= 0.3 is 0 Å². The van der Waals surface area contributed by atoms with Crippen LogP contribution in [0, 0.1) is 5.82 Å². The number of fused-ring (bicyclic) bond motifs is 1. The Morgan fingerprint density at radius 2 is 1.73 bits per heavy atom. The first-order chi connectivity index (χ1) is 19.4. The van der Waals surface area contributed by atoms with Crippen molar-refractivity contribution in [3.63, 3.8) is 0 Å². The van der Waals surface area contributed by atoms with Crippen molar-refractivity contribution in [1.29, 1.82) is 0 Å². The summed E-state index contributed by atoms with van der Waals surface area (Å²) in [7, 11) is 3.04. The minimum absolute atomic E-state index is 0.00737. The number of hydrogen-bond donors (Lipinski definition) is 2. The van der Waals surface area contributed by atoms with E-state index in [1.165, 1.54) is 49.6 Å². The Morgan fingerprint density at radius 3 is 2.42 bits per heavy atom. The molecule has 0 atom stereocenters. The van der Waals surface area contributed by atoms with E-state index in [-0.39, 0.29) is 28.8 Å². The maximum atomic E-state index is 15.1. The highest BCUT2D eigenvalue weighted by Gasteiger charge is 2.20. The number of nitrogen functional groups attached to an aromatic ring is 1. The van der Waals surface area contributed by atoms with Gasteiger partial charge in [0.1, 0.15) is 11.4 Å². The number of benzene rings is 2. The molecule has 5 aromatic rings. The number of halogens is 1. The third kappa shape index (κ3) is 5.25. The Labute approximate surface area is 227 Å². The number of ether oxygens (including phenoxy) is 4. The molecule has 40 heavy (non-hydrogen) atoms. The van der Waals surface area contributed by atoms with Crippen molar-refractivity contribution in [1.82, 2.24) is 24.7 Å². The number of nitrogens with two attached hydrogens (primary N) is 1. The average Bonchev–Trinajstić information content (AvgIpc) is 3.38. The van der Waals surface area contributed by atoms with Crippen LogP contribution in [0.4, 0.5) is 16.0 Å². The molecule has 12 nitrogen and oxygen atoms in total. The predicted molar refractivity (Wildman–Crippen MR) is 144 cm³/mol. The third-order valence-corrected chi connectivity index (χ3v) is 5.73. The zero-order valence-corrected chi connectivity index (χ0v) is 21.7. The first-order valence-electron chi connectivity index (χ1n) is 12.0. The van der Waals surface area contributed by atoms with Crippen molar-refractivity contribution in [3.8, 4) is 34.4 Å². The van der Waals surface area contributed by atoms with Gasteiger partial charge in [0, 0.05) is 29.4 Å². The first-order valence-corrected chi connectivity index (χ1v) is 12.0. The smallest absolute Gasteiger partial charge is 0.280 e. The van der Waals surface area contributed by atoms with E-state index in [1.807, 2.05) is 0 Å². The summed E-state index contributed by atoms with van der Waals surface area (Å²) in [6.07, 6.45) is 5.98. The maximum absolute atomic E-state index is 15.1. The molecular formula is C27H24FN7O5. The number of nitrogens with zero attached hydrogens (tertiary/aromatic N) is 5. The van der Waals surface area contributed by atoms with Gasteiger partial charge in [0.15, 0.2) is 34.5 Å². The number of amides is 1. The zero-order chi connectivity index (χ0) is 28.2. The van der Waals surface area contributed by atoms with Crippen LogP contribution in [0.1, 0.15) is 17.4 Å². The van der Waals surface area contributed by atoms with Crippen molar-refractivity contribution < 1.29 is 28.1 Å². The molecule has 0 radical (unpaired) electrons. The molecule has 0 unspecified atom stereocenters. The molecule has 1 amide bonds. The summed E-state index contributed by atoms with van der Waals surface area (Å²) >= 11 is 0. The van der Waals surface area contributed by atoms with Crippen LogP contribution in [0.25, 0.3) is 16.6 Å². The number of nitrogens with one attached hydrogen (secondary N) is 1. The lowest BCUT2D eigenvalue weighted by molar-refractivity contribution is 0.101. The normalized spacial score (nSPS) is 10.8. The van der Waals surface area contributed by atoms with Crippen LogP contribution in [0.15, 0.2) is 61.2 Å². The van der Waals surface area contributed by atoms with Crippen molar-refractivity contribution in [2.45, 2.75) is 6.92 Å². The molecular weight excluding hydrogens is 521 g/mol. The van der Waals surface area contributed by atoms with Crippen LogP contribution in [-0.4, -0.2) is 51.5 Å². The van der Waals surface area contributed by atoms with Crippen LogP contribution < -0.4 is 30.0 Å². The highest BCUT2D eigenvalue weighted by Crippen LogP contribution is 2.37. The quantitative estimate of drug-likeness (QED) is 0.273. The zero-order valence-electron chi connectivity index (χ0n) is 21.7. The Balaban J connectivity index is 1.38. The third-order valence-electron chi connectivity index (χ3n) is 5.73. The number of aromatic nitrogens is 5. The van der Waals surface area contributed by atoms with Crippen LogP contribution in [0.2, 0.25) is 0 Å². The summed E-state index contributed by atoms with van der Waals surface area (Å²) in [6, 6.07) is 9.08. The number of carbonyl (C=O) groups is 1. The Kier molecular flexibility index (Phi) is 7.27. The molecule has 204 valence electrons. The van der Waals surface area contributed by atoms with E-state index in [4.69, 9.17) is 24.7 Å². The number of rotatable bonds is 9. The molecule has 0 aliphatic carbocycles. The molecule has 13 heteroatoms. The van der Waals surface area contributed by atoms with Crippen LogP contribution >= 0.6 is 0 Å². The van der Waals surface area contributed by atoms with Crippen molar-refractivity contribution in [2.24, 2.45) is 0 Å². The van der Waals surface area contributed by atoms with Crippen LogP contribution in [-0.2, 0) is 0 Å². The predicted octanol–water partition coefficient (Wildman–Crippen LogP) is 4.39. The molecule has 0 saturated carbocycles. The van der Waals surface area contributed by atoms with Gasteiger partial charge in [-0.3, -0.25) is 9.78 Å². The Morgan fingerprint density at radius 1 is 0.975 bits per heavy atom. The minimum Gasteiger partial charge on any atom is -0.493 e. The van der Waals surface area contributed by atoms with Gasteiger partial charge in [-0.15, -0.1) is 0 Å². The number of methoxy groups -OCH3 is 2. The molecule has 3 aromatic heterocycles. The molecule has 0 aliphatic rings. The molecule has 3 heterocycles. The van der Waals surface area contributed by atoms with Crippen molar-refractivity contribution in [3.05, 3.63) is 72.7 Å². The van der Waals surface area contributed by atoms with E-state index in [0.717, 1.165) is 6.07 Å². The highest BCUT2D eigenvalue weighted by molar-refractivity contribution is 6.04. The lowest BCUT2D eigenvalue weighted by Gasteiger charge is -2.13. The van der Waals surface area contributed by atoms with Crippen molar-refractivity contribution >= 4 is 28.4 Å². The summed E-state index contributed by atoms with van der Waals surface area (Å²) in [5.74, 6) is 0.322. The van der Waals surface area contributed by atoms with E-state index in [1.54, 1.807) is 31.3 Å². The molecule has 5 rings (SSSR count). The average molecular weight is 546 g/mol. The van der Waals surface area contributed by atoms with Gasteiger partial charge in [-0.2, -0.15) is 5.10 Å². The first kappa shape index (κ1) is 26.2. The molecule has 0 spiro atoms. The summed E-state index contributed by atoms with van der Waals surface area (Å²) in [5.41, 5.74) is 6.77. The number of hydrogen-bond acceptors (Lipinski definition) is 10. The second-order valence-corrected chi connectivity index (χ2v) is 8.25. The maximum Gasteiger partial charge on any atom is 0.280 e. The van der Waals surface area contributed by atoms with Gasteiger partial charge in [0.05, 0.1) is 44.9 Å². The van der Waals surface area contributed by atoms with E-state index in [9.17, 15) is 4.79 Å². The van der Waals surface area contributed by atoms with Gasteiger partial charge in [-0.25, -0.2) is 19.0 Å². The topological polar surface area (TPSA) is 149 Å². The van der Waals surface area contributed by atoms with E-state index in [0.29, 0.717) is 40.4 Å². The fraction of sp³-hybridized carbons (Fsp3) is 0.148. The number of pyridine rings is 1. The molecule has 0 fully saturated rings. The molecule has 2 aromatic carbocycles. The van der Waals surface area contributed by atoms with E-state index < -0.39 is 11.7 Å². The lowest BCUT2D eigenvalue weighted by atomic mass is 10.2. The molecule has 0 saturated heterocycles. The van der Waals surface area contributed by atoms with Gasteiger partial charge in [-0.1, -0.05) is 0 Å². The van der Waals surface area contributed by atoms with Gasteiger partial charge in [0.2, 0.25) is 5.95 Å². The van der Waals surface area contributed by atoms with Gasteiger partial charge in [0.25, 0.3) is 5.91 Å². The Hall–Kier alpha value is -5.46. The SMILES string of the molecule is CCOc1cn(-c2cnc(N)nc2)nc1C(=O)Nc1ccc(Oc2ccnc3cc(OC)c(OC)cc23)c(F)c1. The highest BCUT2D eigenvalue weighted by atomic mass is 19.1.